The van der Waals surface area contributed by atoms with Crippen molar-refractivity contribution in [2.45, 2.75) is 13.5 Å². The van der Waals surface area contributed by atoms with Crippen molar-refractivity contribution < 1.29 is 19.4 Å². The van der Waals surface area contributed by atoms with Crippen molar-refractivity contribution in [2.75, 3.05) is 6.61 Å². The number of aliphatic carboxylic acids is 1. The molecule has 9 nitrogen and oxygen atoms in total. The Hall–Kier alpha value is -3.01. The summed E-state index contributed by atoms with van der Waals surface area (Å²) in [6.07, 6.45) is 1.14. The fraction of sp³-hybridized carbons (Fsp3) is 0.214. The van der Waals surface area contributed by atoms with Gasteiger partial charge in [-0.25, -0.2) is 4.79 Å². The average molecular weight is 348 g/mol. The van der Waals surface area contributed by atoms with Gasteiger partial charge in [0.15, 0.2) is 5.82 Å². The highest BCUT2D eigenvalue weighted by molar-refractivity contribution is 7.13. The molecule has 0 aromatic carbocycles. The number of carbonyl (C=O) groups excluding carboxylic acids is 1. The molecule has 0 saturated carbocycles. The van der Waals surface area contributed by atoms with Crippen LogP contribution >= 0.6 is 11.3 Å². The van der Waals surface area contributed by atoms with Gasteiger partial charge in [-0.05, 0) is 18.4 Å². The molecule has 0 atom stereocenters. The number of carbonyl (C=O) groups is 2. The molecule has 0 saturated heterocycles. The van der Waals surface area contributed by atoms with Gasteiger partial charge in [0.1, 0.15) is 12.1 Å². The van der Waals surface area contributed by atoms with E-state index in [2.05, 4.69) is 10.1 Å². The second-order valence-corrected chi connectivity index (χ2v) is 5.66. The predicted molar refractivity (Wildman–Crippen MR) is 84.2 cm³/mol. The normalized spacial score (nSPS) is 10.9. The summed E-state index contributed by atoms with van der Waals surface area (Å²) in [4.78, 5) is 40.4. The zero-order valence-corrected chi connectivity index (χ0v) is 13.3. The number of hydrogen-bond donors (Lipinski definition) is 1. The van der Waals surface area contributed by atoms with Gasteiger partial charge in [-0.3, -0.25) is 9.59 Å². The Morgan fingerprint density at radius 3 is 2.83 bits per heavy atom. The van der Waals surface area contributed by atoms with E-state index in [1.54, 1.807) is 19.1 Å². The number of ether oxygens (including phenoxy) is 1. The summed E-state index contributed by atoms with van der Waals surface area (Å²) < 4.78 is 6.94. The van der Waals surface area contributed by atoms with E-state index >= 15 is 0 Å². The first-order chi connectivity index (χ1) is 11.5. The lowest BCUT2D eigenvalue weighted by molar-refractivity contribution is -0.137. The number of thiophene rings is 1. The summed E-state index contributed by atoms with van der Waals surface area (Å²) in [6, 6.07) is 3.58. The van der Waals surface area contributed by atoms with Crippen LogP contribution in [0, 0.1) is 0 Å². The second kappa shape index (κ2) is 6.24. The van der Waals surface area contributed by atoms with Gasteiger partial charge < -0.3 is 14.4 Å². The van der Waals surface area contributed by atoms with Crippen molar-refractivity contribution in [1.29, 1.82) is 0 Å². The summed E-state index contributed by atoms with van der Waals surface area (Å²) in [5.41, 5.74) is -1.01. The van der Waals surface area contributed by atoms with Crippen LogP contribution in [0.2, 0.25) is 0 Å². The number of aromatic nitrogens is 4. The van der Waals surface area contributed by atoms with Crippen LogP contribution in [0.5, 0.6) is 0 Å². The predicted octanol–water partition coefficient (Wildman–Crippen LogP) is 0.881. The molecule has 3 aromatic heterocycles. The van der Waals surface area contributed by atoms with Crippen molar-refractivity contribution >= 4 is 29.1 Å². The number of rotatable bonds is 5. The third kappa shape index (κ3) is 2.78. The van der Waals surface area contributed by atoms with E-state index in [9.17, 15) is 14.4 Å². The van der Waals surface area contributed by atoms with E-state index in [-0.39, 0.29) is 23.8 Å². The molecule has 0 spiro atoms. The number of fused-ring (bicyclic) bond motifs is 1. The molecule has 0 aliphatic carbocycles. The Morgan fingerprint density at radius 1 is 1.42 bits per heavy atom. The quantitative estimate of drug-likeness (QED) is 0.680. The molecule has 124 valence electrons. The number of carboxylic acids is 1. The van der Waals surface area contributed by atoms with E-state index in [4.69, 9.17) is 9.84 Å². The maximum atomic E-state index is 12.5. The highest BCUT2D eigenvalue weighted by atomic mass is 32.1. The van der Waals surface area contributed by atoms with Gasteiger partial charge in [-0.2, -0.15) is 9.50 Å². The molecular formula is C14H12N4O5S. The van der Waals surface area contributed by atoms with Gasteiger partial charge in [-0.15, -0.1) is 16.4 Å². The molecule has 3 rings (SSSR count). The molecule has 0 aliphatic rings. The Morgan fingerprint density at radius 2 is 2.21 bits per heavy atom. The fourth-order valence-electron chi connectivity index (χ4n) is 2.13. The lowest BCUT2D eigenvalue weighted by Gasteiger charge is -2.07. The number of hydrogen-bond acceptors (Lipinski definition) is 7. The van der Waals surface area contributed by atoms with E-state index < -0.39 is 24.0 Å². The summed E-state index contributed by atoms with van der Waals surface area (Å²) in [5.74, 6) is -1.66. The van der Waals surface area contributed by atoms with Crippen LogP contribution in [0.25, 0.3) is 16.5 Å². The van der Waals surface area contributed by atoms with Crippen LogP contribution in [0.3, 0.4) is 0 Å². The molecule has 24 heavy (non-hydrogen) atoms. The third-order valence-corrected chi connectivity index (χ3v) is 3.96. The van der Waals surface area contributed by atoms with Crippen molar-refractivity contribution in [3.63, 3.8) is 0 Å². The minimum absolute atomic E-state index is 0.0406. The zero-order chi connectivity index (χ0) is 17.3. The lowest BCUT2D eigenvalue weighted by Crippen LogP contribution is -2.28. The summed E-state index contributed by atoms with van der Waals surface area (Å²) >= 11 is 1.38. The topological polar surface area (TPSA) is 116 Å². The zero-order valence-electron chi connectivity index (χ0n) is 12.5. The van der Waals surface area contributed by atoms with Gasteiger partial charge in [0.2, 0.25) is 5.78 Å². The number of carboxylic acid groups (broad SMARTS) is 1. The lowest BCUT2D eigenvalue weighted by atomic mass is 10.3. The first-order valence-electron chi connectivity index (χ1n) is 6.94. The van der Waals surface area contributed by atoms with Gasteiger partial charge in [-0.1, -0.05) is 6.07 Å². The highest BCUT2D eigenvalue weighted by Crippen LogP contribution is 2.21. The standard InChI is InChI=1S/C14H12N4O5S/c1-2-23-13(22)8-6-17(7-10(19)20)14-15-11(9-4-3-5-24-9)16-18(14)12(8)21/h3-6H,2,7H2,1H3,(H,19,20). The van der Waals surface area contributed by atoms with Crippen LogP contribution < -0.4 is 5.56 Å². The molecule has 10 heteroatoms. The maximum absolute atomic E-state index is 12.5. The maximum Gasteiger partial charge on any atom is 0.345 e. The van der Waals surface area contributed by atoms with Gasteiger partial charge in [0.05, 0.1) is 11.5 Å². The van der Waals surface area contributed by atoms with Gasteiger partial charge in [0, 0.05) is 6.20 Å². The Kier molecular flexibility index (Phi) is 4.13. The molecule has 0 unspecified atom stereocenters. The molecule has 0 bridgehead atoms. The van der Waals surface area contributed by atoms with Crippen LogP contribution in [-0.4, -0.2) is 42.8 Å². The number of nitrogens with zero attached hydrogens (tertiary/aromatic N) is 4. The van der Waals surface area contributed by atoms with E-state index in [0.29, 0.717) is 0 Å². The third-order valence-electron chi connectivity index (χ3n) is 3.10. The van der Waals surface area contributed by atoms with E-state index in [0.717, 1.165) is 15.6 Å². The Balaban J connectivity index is 2.25. The highest BCUT2D eigenvalue weighted by Gasteiger charge is 2.21. The molecule has 1 N–H and O–H groups in total. The minimum atomic E-state index is -1.14. The van der Waals surface area contributed by atoms with Crippen molar-refractivity contribution in [3.05, 3.63) is 39.6 Å². The minimum Gasteiger partial charge on any atom is -0.480 e. The molecule has 0 radical (unpaired) electrons. The van der Waals surface area contributed by atoms with Crippen LogP contribution in [0.4, 0.5) is 0 Å². The monoisotopic (exact) mass is 348 g/mol. The molecular weight excluding hydrogens is 336 g/mol. The Bertz CT molecular complexity index is 973. The first-order valence-corrected chi connectivity index (χ1v) is 7.82. The SMILES string of the molecule is CCOC(=O)c1cn(CC(=O)O)c2nc(-c3cccs3)nn2c1=O. The first kappa shape index (κ1) is 15.9. The number of esters is 1. The summed E-state index contributed by atoms with van der Waals surface area (Å²) in [5, 5.41) is 15.0. The van der Waals surface area contributed by atoms with E-state index in [1.165, 1.54) is 15.9 Å². The van der Waals surface area contributed by atoms with Crippen LogP contribution in [0.1, 0.15) is 17.3 Å². The molecule has 0 amide bonds. The molecule has 0 fully saturated rings. The summed E-state index contributed by atoms with van der Waals surface area (Å²) in [6.45, 7) is 1.22. The van der Waals surface area contributed by atoms with E-state index in [1.807, 2.05) is 5.38 Å². The Labute approximate surface area is 138 Å². The van der Waals surface area contributed by atoms with Crippen molar-refractivity contribution in [1.82, 2.24) is 19.2 Å². The largest absolute Gasteiger partial charge is 0.480 e. The van der Waals surface area contributed by atoms with Crippen molar-refractivity contribution in [2.24, 2.45) is 0 Å². The average Bonchev–Trinajstić information content (AvgIpc) is 3.18. The van der Waals surface area contributed by atoms with Crippen LogP contribution in [-0.2, 0) is 16.1 Å². The van der Waals surface area contributed by atoms with Gasteiger partial charge >= 0.3 is 11.9 Å². The summed E-state index contributed by atoms with van der Waals surface area (Å²) in [7, 11) is 0. The smallest absolute Gasteiger partial charge is 0.345 e. The second-order valence-electron chi connectivity index (χ2n) is 4.71. The van der Waals surface area contributed by atoms with Gasteiger partial charge in [0.25, 0.3) is 5.56 Å². The molecule has 3 heterocycles. The molecule has 0 aliphatic heterocycles. The fourth-order valence-corrected chi connectivity index (χ4v) is 2.78. The van der Waals surface area contributed by atoms with Crippen LogP contribution in [0.15, 0.2) is 28.5 Å². The molecule has 3 aromatic rings. The van der Waals surface area contributed by atoms with Crippen molar-refractivity contribution in [3.8, 4) is 10.7 Å².